The molecule has 2 saturated heterocycles. The van der Waals surface area contributed by atoms with E-state index in [0.717, 1.165) is 84.4 Å². The second kappa shape index (κ2) is 17.8. The zero-order chi connectivity index (χ0) is 33.6. The number of hydrogen-bond donors (Lipinski definition) is 4. The molecule has 3 fully saturated rings. The number of anilines is 1. The van der Waals surface area contributed by atoms with Crippen molar-refractivity contribution < 1.29 is 57.6 Å². The molecule has 13 nitrogen and oxygen atoms in total. The highest BCUT2D eigenvalue weighted by Gasteiger charge is 2.34. The molecule has 248 valence electrons. The number of carbonyl (C=O) groups is 5. The molecule has 1 aromatic carbocycles. The number of alkyl halides is 3. The van der Waals surface area contributed by atoms with E-state index in [9.17, 15) is 37.1 Å². The number of amides is 1. The SMILES string of the molecule is O=C(C1CC1)N1CCN(CCN2CCN(c3cccc(C(F)(F)F)c3)CC2)CC1.O=C(O)/C=C/C(=O)O.O=C(O)/C=C/C(=O)O. The number of carbonyl (C=O) groups excluding carboxylic acids is 1. The molecule has 0 aromatic heterocycles. The number of hydrogen-bond acceptors (Lipinski definition) is 8. The highest BCUT2D eigenvalue weighted by Crippen LogP contribution is 2.32. The second-order valence-electron chi connectivity index (χ2n) is 10.3. The van der Waals surface area contributed by atoms with Crippen LogP contribution < -0.4 is 4.90 Å². The Morgan fingerprint density at radius 3 is 1.49 bits per heavy atom. The maximum absolute atomic E-state index is 12.9. The lowest BCUT2D eigenvalue weighted by atomic mass is 10.1. The van der Waals surface area contributed by atoms with Crippen LogP contribution in [0, 0.1) is 5.92 Å². The maximum atomic E-state index is 12.9. The van der Waals surface area contributed by atoms with Gasteiger partial charge in [-0.05, 0) is 31.0 Å². The Morgan fingerprint density at radius 2 is 1.11 bits per heavy atom. The number of nitrogens with zero attached hydrogens (tertiary/aromatic N) is 4. The van der Waals surface area contributed by atoms with E-state index in [2.05, 4.69) is 9.80 Å². The topological polar surface area (TPSA) is 179 Å². The largest absolute Gasteiger partial charge is 0.478 e. The summed E-state index contributed by atoms with van der Waals surface area (Å²) >= 11 is 0. The molecule has 1 saturated carbocycles. The van der Waals surface area contributed by atoms with Crippen LogP contribution in [0.5, 0.6) is 0 Å². The fourth-order valence-electron chi connectivity index (χ4n) is 4.46. The first-order chi connectivity index (χ1) is 21.1. The van der Waals surface area contributed by atoms with E-state index in [1.54, 1.807) is 6.07 Å². The summed E-state index contributed by atoms with van der Waals surface area (Å²) in [5.41, 5.74) is 0.0627. The fourth-order valence-corrected chi connectivity index (χ4v) is 4.46. The summed E-state index contributed by atoms with van der Waals surface area (Å²) in [6.07, 6.45) is 0.0531. The van der Waals surface area contributed by atoms with Gasteiger partial charge in [0.1, 0.15) is 0 Å². The number of benzene rings is 1. The third-order valence-corrected chi connectivity index (χ3v) is 6.99. The standard InChI is InChI=1S/C21H29F3N4O.2C4H4O4/c22-21(23,24)18-2-1-3-19(16-18)27-12-8-25(9-13-27)6-7-26-10-14-28(15-11-26)20(29)17-4-5-17;2*5-3(6)1-2-4(7)8/h1-3,16-17H,4-15H2;2*1-2H,(H,5,6)(H,7,8)/b;2*2-1+. The Hall–Kier alpha value is -4.44. The lowest BCUT2D eigenvalue weighted by Gasteiger charge is -2.39. The molecule has 16 heteroatoms. The quantitative estimate of drug-likeness (QED) is 0.288. The van der Waals surface area contributed by atoms with Crippen LogP contribution in [0.15, 0.2) is 48.6 Å². The third-order valence-electron chi connectivity index (χ3n) is 6.99. The van der Waals surface area contributed by atoms with E-state index in [1.807, 2.05) is 9.80 Å². The van der Waals surface area contributed by atoms with Crippen molar-refractivity contribution in [3.63, 3.8) is 0 Å². The van der Waals surface area contributed by atoms with Gasteiger partial charge in [0.25, 0.3) is 0 Å². The Kier molecular flexibility index (Phi) is 14.5. The van der Waals surface area contributed by atoms with E-state index >= 15 is 0 Å². The van der Waals surface area contributed by atoms with Gasteiger partial charge in [-0.15, -0.1) is 0 Å². The van der Waals surface area contributed by atoms with Crippen molar-refractivity contribution in [3.8, 4) is 0 Å². The number of carboxylic acids is 4. The summed E-state index contributed by atoms with van der Waals surface area (Å²) in [7, 11) is 0. The average Bonchev–Trinajstić information content (AvgIpc) is 3.84. The lowest BCUT2D eigenvalue weighted by molar-refractivity contribution is -0.137. The minimum absolute atomic E-state index is 0.301. The minimum atomic E-state index is -4.30. The van der Waals surface area contributed by atoms with Crippen LogP contribution in [-0.4, -0.2) is 130 Å². The van der Waals surface area contributed by atoms with Gasteiger partial charge in [-0.25, -0.2) is 19.2 Å². The molecule has 2 aliphatic heterocycles. The van der Waals surface area contributed by atoms with Crippen LogP contribution in [0.2, 0.25) is 0 Å². The van der Waals surface area contributed by atoms with Gasteiger partial charge in [0.15, 0.2) is 0 Å². The summed E-state index contributed by atoms with van der Waals surface area (Å²) in [6, 6.07) is 5.61. The van der Waals surface area contributed by atoms with E-state index in [4.69, 9.17) is 20.4 Å². The molecule has 0 unspecified atom stereocenters. The van der Waals surface area contributed by atoms with Gasteiger partial charge in [0.05, 0.1) is 5.56 Å². The molecular formula is C29H37F3N4O9. The Bertz CT molecular complexity index is 1170. The van der Waals surface area contributed by atoms with Gasteiger partial charge in [-0.1, -0.05) is 6.07 Å². The van der Waals surface area contributed by atoms with Crippen molar-refractivity contribution in [2.75, 3.05) is 70.3 Å². The molecule has 3 aliphatic rings. The first-order valence-electron chi connectivity index (χ1n) is 14.1. The zero-order valence-electron chi connectivity index (χ0n) is 24.4. The summed E-state index contributed by atoms with van der Waals surface area (Å²) in [4.78, 5) is 59.2. The normalized spacial score (nSPS) is 17.7. The van der Waals surface area contributed by atoms with Gasteiger partial charge < -0.3 is 30.2 Å². The van der Waals surface area contributed by atoms with Gasteiger partial charge in [0, 0.05) is 101 Å². The highest BCUT2D eigenvalue weighted by molar-refractivity contribution is 5.90. The summed E-state index contributed by atoms with van der Waals surface area (Å²) in [5, 5.41) is 31.2. The van der Waals surface area contributed by atoms with E-state index in [0.29, 0.717) is 41.8 Å². The van der Waals surface area contributed by atoms with Crippen molar-refractivity contribution >= 4 is 35.5 Å². The van der Waals surface area contributed by atoms with E-state index < -0.39 is 35.6 Å². The maximum Gasteiger partial charge on any atom is 0.416 e. The van der Waals surface area contributed by atoms with Crippen LogP contribution in [0.1, 0.15) is 18.4 Å². The lowest BCUT2D eigenvalue weighted by Crippen LogP contribution is -2.52. The van der Waals surface area contributed by atoms with Gasteiger partial charge in [-0.3, -0.25) is 14.6 Å². The number of aliphatic carboxylic acids is 4. The Labute approximate surface area is 257 Å². The molecule has 0 atom stereocenters. The van der Waals surface area contributed by atoms with Crippen molar-refractivity contribution in [3.05, 3.63) is 54.1 Å². The highest BCUT2D eigenvalue weighted by atomic mass is 19.4. The molecule has 2 heterocycles. The molecule has 1 aromatic rings. The molecule has 1 aliphatic carbocycles. The number of halogens is 3. The summed E-state index contributed by atoms with van der Waals surface area (Å²) in [6.45, 7) is 8.67. The molecule has 4 N–H and O–H groups in total. The van der Waals surface area contributed by atoms with Crippen molar-refractivity contribution in [1.82, 2.24) is 14.7 Å². The monoisotopic (exact) mass is 642 g/mol. The molecule has 0 spiro atoms. The molecule has 45 heavy (non-hydrogen) atoms. The first kappa shape index (κ1) is 36.8. The second-order valence-corrected chi connectivity index (χ2v) is 10.3. The predicted molar refractivity (Wildman–Crippen MR) is 155 cm³/mol. The van der Waals surface area contributed by atoms with Gasteiger partial charge >= 0.3 is 30.1 Å². The van der Waals surface area contributed by atoms with Gasteiger partial charge in [0.2, 0.25) is 5.91 Å². The zero-order valence-corrected chi connectivity index (χ0v) is 24.4. The first-order valence-corrected chi connectivity index (χ1v) is 14.1. The van der Waals surface area contributed by atoms with Crippen molar-refractivity contribution in [2.45, 2.75) is 19.0 Å². The number of rotatable bonds is 9. The molecular weight excluding hydrogens is 605 g/mol. The van der Waals surface area contributed by atoms with Crippen LogP contribution in [0.4, 0.5) is 18.9 Å². The number of piperazine rings is 2. The third kappa shape index (κ3) is 14.7. The molecule has 0 radical (unpaired) electrons. The van der Waals surface area contributed by atoms with Crippen LogP contribution in [-0.2, 0) is 30.1 Å². The van der Waals surface area contributed by atoms with Crippen molar-refractivity contribution in [1.29, 1.82) is 0 Å². The smallest absolute Gasteiger partial charge is 0.416 e. The van der Waals surface area contributed by atoms with Crippen LogP contribution in [0.3, 0.4) is 0 Å². The summed E-state index contributed by atoms with van der Waals surface area (Å²) in [5.74, 6) is -4.38. The minimum Gasteiger partial charge on any atom is -0.478 e. The fraction of sp³-hybridized carbons (Fsp3) is 0.483. The molecule has 4 rings (SSSR count). The van der Waals surface area contributed by atoms with E-state index in [-0.39, 0.29) is 0 Å². The number of carboxylic acid groups (broad SMARTS) is 4. The van der Waals surface area contributed by atoms with Crippen LogP contribution in [0.25, 0.3) is 0 Å². The average molecular weight is 643 g/mol. The summed E-state index contributed by atoms with van der Waals surface area (Å²) < 4.78 is 38.8. The Balaban J connectivity index is 0.000000365. The van der Waals surface area contributed by atoms with Gasteiger partial charge in [-0.2, -0.15) is 13.2 Å². The molecule has 0 bridgehead atoms. The molecule has 1 amide bonds. The van der Waals surface area contributed by atoms with E-state index in [1.165, 1.54) is 12.1 Å². The van der Waals surface area contributed by atoms with Crippen LogP contribution >= 0.6 is 0 Å². The predicted octanol–water partition coefficient (Wildman–Crippen LogP) is 1.81. The van der Waals surface area contributed by atoms with Crippen molar-refractivity contribution in [2.24, 2.45) is 5.92 Å². The Morgan fingerprint density at radius 1 is 0.689 bits per heavy atom.